The molecule has 0 aliphatic carbocycles. The molecule has 0 spiro atoms. The maximum Gasteiger partial charge on any atom is 0.419 e. The minimum atomic E-state index is -0.387. The van der Waals surface area contributed by atoms with E-state index in [1.165, 1.54) is 0 Å². The topological polar surface area (TPSA) is 31.2 Å². The van der Waals surface area contributed by atoms with Crippen LogP contribution in [0.3, 0.4) is 0 Å². The number of ether oxygens (including phenoxy) is 1. The fourth-order valence-electron chi connectivity index (χ4n) is 2.91. The molecule has 3 aromatic carbocycles. The molecular formula is C20H14ClNO2. The molecule has 1 heterocycles. The van der Waals surface area contributed by atoms with Gasteiger partial charge in [0.25, 0.3) is 0 Å². The van der Waals surface area contributed by atoms with Gasteiger partial charge in [-0.25, -0.2) is 9.36 Å². The van der Waals surface area contributed by atoms with E-state index in [1.54, 1.807) is 16.7 Å². The van der Waals surface area contributed by atoms with E-state index < -0.39 is 0 Å². The molecule has 3 nitrogen and oxygen atoms in total. The van der Waals surface area contributed by atoms with Crippen molar-refractivity contribution in [3.05, 3.63) is 83.4 Å². The lowest BCUT2D eigenvalue weighted by Crippen LogP contribution is -2.13. The Morgan fingerprint density at radius 3 is 1.96 bits per heavy atom. The first kappa shape index (κ1) is 14.8. The van der Waals surface area contributed by atoms with Crippen molar-refractivity contribution in [2.24, 2.45) is 0 Å². The van der Waals surface area contributed by atoms with Crippen molar-refractivity contribution in [2.45, 2.75) is 6.61 Å². The van der Waals surface area contributed by atoms with Gasteiger partial charge in [0, 0.05) is 15.8 Å². The van der Waals surface area contributed by atoms with Gasteiger partial charge in [0.05, 0.1) is 11.0 Å². The highest BCUT2D eigenvalue weighted by Gasteiger charge is 2.16. The molecule has 0 unspecified atom stereocenters. The van der Waals surface area contributed by atoms with E-state index in [2.05, 4.69) is 0 Å². The Morgan fingerprint density at radius 1 is 0.833 bits per heavy atom. The van der Waals surface area contributed by atoms with E-state index >= 15 is 0 Å². The van der Waals surface area contributed by atoms with Crippen LogP contribution in [0.2, 0.25) is 5.02 Å². The fourth-order valence-corrected chi connectivity index (χ4v) is 3.04. The average molecular weight is 336 g/mol. The van der Waals surface area contributed by atoms with Crippen LogP contribution in [0.5, 0.6) is 0 Å². The van der Waals surface area contributed by atoms with E-state index in [0.29, 0.717) is 5.02 Å². The Bertz CT molecular complexity index is 981. The number of halogens is 1. The van der Waals surface area contributed by atoms with Gasteiger partial charge < -0.3 is 4.74 Å². The molecule has 0 fully saturated rings. The van der Waals surface area contributed by atoms with Crippen LogP contribution >= 0.6 is 11.6 Å². The van der Waals surface area contributed by atoms with Gasteiger partial charge in [0.15, 0.2) is 0 Å². The van der Waals surface area contributed by atoms with Crippen LogP contribution in [0, 0.1) is 0 Å². The number of aromatic nitrogens is 1. The number of hydrogen-bond donors (Lipinski definition) is 0. The number of carbonyl (C=O) groups is 1. The summed E-state index contributed by atoms with van der Waals surface area (Å²) in [4.78, 5) is 12.7. The standard InChI is InChI=1S/C20H14ClNO2/c21-15-11-9-14(10-12-15)13-24-20(23)22-18-7-3-1-5-16(18)17-6-2-4-8-19(17)22/h1-12H,13H2. The van der Waals surface area contributed by atoms with E-state index in [-0.39, 0.29) is 12.7 Å². The van der Waals surface area contributed by atoms with Crippen LogP contribution < -0.4 is 0 Å². The highest BCUT2D eigenvalue weighted by Crippen LogP contribution is 2.28. The first-order chi connectivity index (χ1) is 11.7. The van der Waals surface area contributed by atoms with Crippen LogP contribution in [-0.2, 0) is 11.3 Å². The molecule has 4 aromatic rings. The lowest BCUT2D eigenvalue weighted by molar-refractivity contribution is 0.143. The largest absolute Gasteiger partial charge is 0.444 e. The van der Waals surface area contributed by atoms with E-state index in [1.807, 2.05) is 60.7 Å². The van der Waals surface area contributed by atoms with Crippen molar-refractivity contribution in [2.75, 3.05) is 0 Å². The van der Waals surface area contributed by atoms with Crippen LogP contribution in [-0.4, -0.2) is 10.7 Å². The zero-order valence-corrected chi connectivity index (χ0v) is 13.5. The number of hydrogen-bond acceptors (Lipinski definition) is 2. The maximum atomic E-state index is 12.7. The van der Waals surface area contributed by atoms with Crippen molar-refractivity contribution in [1.82, 2.24) is 4.57 Å². The van der Waals surface area contributed by atoms with Crippen molar-refractivity contribution < 1.29 is 9.53 Å². The van der Waals surface area contributed by atoms with Crippen LogP contribution in [0.25, 0.3) is 21.8 Å². The van der Waals surface area contributed by atoms with Gasteiger partial charge in [-0.1, -0.05) is 60.1 Å². The van der Waals surface area contributed by atoms with Gasteiger partial charge in [-0.15, -0.1) is 0 Å². The average Bonchev–Trinajstić information content (AvgIpc) is 2.96. The molecule has 0 aliphatic heterocycles. The molecule has 0 saturated heterocycles. The Kier molecular flexibility index (Phi) is 3.71. The molecule has 1 aromatic heterocycles. The van der Waals surface area contributed by atoms with Crippen LogP contribution in [0.4, 0.5) is 4.79 Å². The summed E-state index contributed by atoms with van der Waals surface area (Å²) in [6, 6.07) is 22.9. The first-order valence-electron chi connectivity index (χ1n) is 7.64. The molecule has 4 rings (SSSR count). The summed E-state index contributed by atoms with van der Waals surface area (Å²) >= 11 is 5.87. The number of fused-ring (bicyclic) bond motifs is 3. The zero-order valence-electron chi connectivity index (χ0n) is 12.8. The molecule has 118 valence electrons. The maximum absolute atomic E-state index is 12.7. The number of carbonyl (C=O) groups excluding carboxylic acids is 1. The number of rotatable bonds is 2. The quantitative estimate of drug-likeness (QED) is 0.475. The Hall–Kier alpha value is -2.78. The SMILES string of the molecule is O=C(OCc1ccc(Cl)cc1)n1c2ccccc2c2ccccc21. The zero-order chi connectivity index (χ0) is 16.5. The summed E-state index contributed by atoms with van der Waals surface area (Å²) in [5.74, 6) is 0. The van der Waals surface area contributed by atoms with Gasteiger partial charge in [-0.05, 0) is 29.8 Å². The first-order valence-corrected chi connectivity index (χ1v) is 8.01. The third-order valence-electron chi connectivity index (χ3n) is 4.04. The summed E-state index contributed by atoms with van der Waals surface area (Å²) in [5.41, 5.74) is 2.59. The molecule has 4 heteroatoms. The van der Waals surface area contributed by atoms with Gasteiger partial charge in [-0.2, -0.15) is 0 Å². The molecule has 0 radical (unpaired) electrons. The summed E-state index contributed by atoms with van der Waals surface area (Å²) in [6.45, 7) is 0.205. The van der Waals surface area contributed by atoms with Gasteiger partial charge >= 0.3 is 6.09 Å². The lowest BCUT2D eigenvalue weighted by Gasteiger charge is -2.08. The number of nitrogens with zero attached hydrogens (tertiary/aromatic N) is 1. The monoisotopic (exact) mass is 335 g/mol. The summed E-state index contributed by atoms with van der Waals surface area (Å²) in [5, 5.41) is 2.74. The van der Waals surface area contributed by atoms with Crippen LogP contribution in [0.15, 0.2) is 72.8 Å². The normalized spacial score (nSPS) is 11.0. The second kappa shape index (κ2) is 6.02. The fraction of sp³-hybridized carbons (Fsp3) is 0.0500. The van der Waals surface area contributed by atoms with Crippen molar-refractivity contribution in [3.8, 4) is 0 Å². The van der Waals surface area contributed by atoms with Crippen LogP contribution in [0.1, 0.15) is 5.56 Å². The molecule has 0 aliphatic rings. The van der Waals surface area contributed by atoms with E-state index in [0.717, 1.165) is 27.4 Å². The Morgan fingerprint density at radius 2 is 1.38 bits per heavy atom. The molecule has 24 heavy (non-hydrogen) atoms. The van der Waals surface area contributed by atoms with Gasteiger partial charge in [0.1, 0.15) is 6.61 Å². The second-order valence-corrected chi connectivity index (χ2v) is 5.99. The predicted molar refractivity (Wildman–Crippen MR) is 96.5 cm³/mol. The number of para-hydroxylation sites is 2. The van der Waals surface area contributed by atoms with Crippen molar-refractivity contribution in [3.63, 3.8) is 0 Å². The van der Waals surface area contributed by atoms with Crippen molar-refractivity contribution >= 4 is 39.5 Å². The van der Waals surface area contributed by atoms with E-state index in [4.69, 9.17) is 16.3 Å². The highest BCUT2D eigenvalue weighted by atomic mass is 35.5. The number of benzene rings is 3. The van der Waals surface area contributed by atoms with Crippen molar-refractivity contribution in [1.29, 1.82) is 0 Å². The summed E-state index contributed by atoms with van der Waals surface area (Å²) < 4.78 is 7.14. The lowest BCUT2D eigenvalue weighted by atomic mass is 10.2. The molecule has 0 N–H and O–H groups in total. The third-order valence-corrected chi connectivity index (χ3v) is 4.29. The minimum absolute atomic E-state index is 0.205. The van der Waals surface area contributed by atoms with E-state index in [9.17, 15) is 4.79 Å². The smallest absolute Gasteiger partial charge is 0.419 e. The summed E-state index contributed by atoms with van der Waals surface area (Å²) in [7, 11) is 0. The molecule has 0 saturated carbocycles. The minimum Gasteiger partial charge on any atom is -0.444 e. The molecule has 0 bridgehead atoms. The molecule has 0 atom stereocenters. The highest BCUT2D eigenvalue weighted by molar-refractivity contribution is 6.30. The summed E-state index contributed by atoms with van der Waals surface area (Å²) in [6.07, 6.45) is -0.387. The molecular weight excluding hydrogens is 322 g/mol. The molecule has 0 amide bonds. The Balaban J connectivity index is 1.71. The van der Waals surface area contributed by atoms with Gasteiger partial charge in [0.2, 0.25) is 0 Å². The van der Waals surface area contributed by atoms with Gasteiger partial charge in [-0.3, -0.25) is 0 Å². The Labute approximate surface area is 144 Å². The third kappa shape index (κ3) is 2.53. The predicted octanol–water partition coefficient (Wildman–Crippen LogP) is 5.63. The second-order valence-electron chi connectivity index (χ2n) is 5.55.